The minimum absolute atomic E-state index is 0.0390. The van der Waals surface area contributed by atoms with E-state index in [2.05, 4.69) is 20.7 Å². The molecule has 0 saturated heterocycles. The average Bonchev–Trinajstić information content (AvgIpc) is 2.90. The highest BCUT2D eigenvalue weighted by atomic mass is 16.2. The van der Waals surface area contributed by atoms with E-state index in [9.17, 15) is 14.4 Å². The largest absolute Gasteiger partial charge is 0.360 e. The molecule has 2 amide bonds. The van der Waals surface area contributed by atoms with Crippen LogP contribution in [0.3, 0.4) is 0 Å². The number of aromatic nitrogens is 3. The van der Waals surface area contributed by atoms with Crippen molar-refractivity contribution in [1.29, 1.82) is 0 Å². The van der Waals surface area contributed by atoms with Gasteiger partial charge in [-0.25, -0.2) is 0 Å². The predicted molar refractivity (Wildman–Crippen MR) is 93.5 cm³/mol. The van der Waals surface area contributed by atoms with Crippen LogP contribution in [-0.2, 0) is 11.8 Å². The summed E-state index contributed by atoms with van der Waals surface area (Å²) in [7, 11) is 1.70. The number of para-hydroxylation sites is 1. The van der Waals surface area contributed by atoms with Crippen LogP contribution in [0, 0.1) is 6.92 Å². The number of fused-ring (bicyclic) bond motifs is 1. The number of hydrogen-bond donors (Lipinski definition) is 3. The highest BCUT2D eigenvalue weighted by molar-refractivity contribution is 6.00. The summed E-state index contributed by atoms with van der Waals surface area (Å²) in [6.07, 6.45) is 1.35. The minimum Gasteiger partial charge on any atom is -0.360 e. The van der Waals surface area contributed by atoms with Crippen LogP contribution >= 0.6 is 0 Å². The Kier molecular flexibility index (Phi) is 4.34. The summed E-state index contributed by atoms with van der Waals surface area (Å²) in [4.78, 5) is 39.4. The van der Waals surface area contributed by atoms with Gasteiger partial charge in [0.2, 0.25) is 11.3 Å². The summed E-state index contributed by atoms with van der Waals surface area (Å²) < 4.78 is 1.53. The number of anilines is 1. The van der Waals surface area contributed by atoms with Gasteiger partial charge in [0.25, 0.3) is 5.91 Å². The van der Waals surface area contributed by atoms with Gasteiger partial charge in [0.1, 0.15) is 11.4 Å². The summed E-state index contributed by atoms with van der Waals surface area (Å²) in [5.41, 5.74) is 0.996. The molecule has 0 aliphatic rings. The van der Waals surface area contributed by atoms with E-state index in [1.165, 1.54) is 10.9 Å². The molecule has 0 aliphatic carbocycles. The molecule has 25 heavy (non-hydrogen) atoms. The molecule has 2 aromatic heterocycles. The zero-order valence-electron chi connectivity index (χ0n) is 13.8. The smallest absolute Gasteiger partial charge is 0.257 e. The number of rotatable bonds is 4. The van der Waals surface area contributed by atoms with Gasteiger partial charge in [-0.1, -0.05) is 12.1 Å². The number of carbonyl (C=O) groups is 2. The molecule has 0 saturated carbocycles. The molecule has 0 spiro atoms. The number of H-pyrrole nitrogens is 1. The lowest BCUT2D eigenvalue weighted by Crippen LogP contribution is -2.35. The summed E-state index contributed by atoms with van der Waals surface area (Å²) in [6, 6.07) is 8.63. The fraction of sp³-hybridized carbons (Fsp3) is 0.176. The molecule has 8 heteroatoms. The number of aromatic amines is 1. The van der Waals surface area contributed by atoms with Crippen LogP contribution in [0.4, 0.5) is 5.82 Å². The van der Waals surface area contributed by atoms with E-state index in [-0.39, 0.29) is 17.5 Å². The topological polar surface area (TPSA) is 109 Å². The van der Waals surface area contributed by atoms with Crippen LogP contribution in [0.5, 0.6) is 0 Å². The Labute approximate surface area is 142 Å². The van der Waals surface area contributed by atoms with Gasteiger partial charge in [-0.15, -0.1) is 0 Å². The lowest BCUT2D eigenvalue weighted by Gasteiger charge is -2.07. The Balaban J connectivity index is 1.68. The number of hydrogen-bond acceptors (Lipinski definition) is 4. The van der Waals surface area contributed by atoms with Gasteiger partial charge in [0.05, 0.1) is 12.2 Å². The van der Waals surface area contributed by atoms with Crippen molar-refractivity contribution < 1.29 is 9.59 Å². The van der Waals surface area contributed by atoms with Crippen molar-refractivity contribution in [2.24, 2.45) is 7.05 Å². The van der Waals surface area contributed by atoms with Gasteiger partial charge in [-0.05, 0) is 19.1 Å². The molecule has 3 aromatic rings. The van der Waals surface area contributed by atoms with Crippen LogP contribution in [0.2, 0.25) is 0 Å². The van der Waals surface area contributed by atoms with E-state index in [0.717, 1.165) is 5.69 Å². The third-order valence-corrected chi connectivity index (χ3v) is 3.71. The SMILES string of the molecule is Cc1cc(NC(=O)CNC(=O)c2c[nH]c3ccccc3c2=O)n(C)n1. The first-order chi connectivity index (χ1) is 12.0. The zero-order chi connectivity index (χ0) is 18.0. The van der Waals surface area contributed by atoms with Gasteiger partial charge >= 0.3 is 0 Å². The Bertz CT molecular complexity index is 1020. The van der Waals surface area contributed by atoms with E-state index in [0.29, 0.717) is 16.7 Å². The van der Waals surface area contributed by atoms with Crippen molar-refractivity contribution >= 4 is 28.5 Å². The van der Waals surface area contributed by atoms with Crippen molar-refractivity contribution in [3.8, 4) is 0 Å². The van der Waals surface area contributed by atoms with Crippen molar-refractivity contribution in [3.05, 3.63) is 58.0 Å². The van der Waals surface area contributed by atoms with Crippen molar-refractivity contribution in [2.75, 3.05) is 11.9 Å². The van der Waals surface area contributed by atoms with Crippen LogP contribution in [-0.4, -0.2) is 33.1 Å². The fourth-order valence-electron chi connectivity index (χ4n) is 2.51. The molecule has 0 bridgehead atoms. The molecule has 0 unspecified atom stereocenters. The van der Waals surface area contributed by atoms with E-state index < -0.39 is 11.8 Å². The third kappa shape index (κ3) is 3.42. The van der Waals surface area contributed by atoms with Crippen molar-refractivity contribution in [3.63, 3.8) is 0 Å². The Morgan fingerprint density at radius 2 is 2.04 bits per heavy atom. The average molecular weight is 339 g/mol. The molecule has 3 rings (SSSR count). The molecular weight excluding hydrogens is 322 g/mol. The van der Waals surface area contributed by atoms with Crippen LogP contribution in [0.25, 0.3) is 10.9 Å². The van der Waals surface area contributed by atoms with Crippen molar-refractivity contribution in [1.82, 2.24) is 20.1 Å². The zero-order valence-corrected chi connectivity index (χ0v) is 13.8. The monoisotopic (exact) mass is 339 g/mol. The summed E-state index contributed by atoms with van der Waals surface area (Å²) in [5.74, 6) is -0.489. The molecule has 128 valence electrons. The van der Waals surface area contributed by atoms with Gasteiger partial charge in [-0.3, -0.25) is 19.1 Å². The maximum absolute atomic E-state index is 12.4. The number of pyridine rings is 1. The van der Waals surface area contributed by atoms with E-state index in [1.54, 1.807) is 37.4 Å². The number of nitrogens with zero attached hydrogens (tertiary/aromatic N) is 2. The summed E-state index contributed by atoms with van der Waals surface area (Å²) in [5, 5.41) is 9.63. The second-order valence-electron chi connectivity index (χ2n) is 5.60. The molecule has 1 aromatic carbocycles. The van der Waals surface area contributed by atoms with Gasteiger partial charge < -0.3 is 15.6 Å². The van der Waals surface area contributed by atoms with Gasteiger partial charge in [0, 0.05) is 30.2 Å². The highest BCUT2D eigenvalue weighted by Crippen LogP contribution is 2.08. The quantitative estimate of drug-likeness (QED) is 0.657. The summed E-state index contributed by atoms with van der Waals surface area (Å²) >= 11 is 0. The number of carbonyl (C=O) groups excluding carboxylic acids is 2. The molecular formula is C17H17N5O3. The maximum atomic E-state index is 12.4. The molecule has 0 atom stereocenters. The first-order valence-corrected chi connectivity index (χ1v) is 7.65. The Morgan fingerprint density at radius 1 is 1.28 bits per heavy atom. The molecule has 0 radical (unpaired) electrons. The van der Waals surface area contributed by atoms with Crippen LogP contribution in [0.1, 0.15) is 16.1 Å². The van der Waals surface area contributed by atoms with E-state index in [4.69, 9.17) is 0 Å². The highest BCUT2D eigenvalue weighted by Gasteiger charge is 2.14. The van der Waals surface area contributed by atoms with Crippen LogP contribution < -0.4 is 16.1 Å². The first-order valence-electron chi connectivity index (χ1n) is 7.65. The second-order valence-corrected chi connectivity index (χ2v) is 5.60. The molecule has 2 heterocycles. The Hall–Kier alpha value is -3.42. The minimum atomic E-state index is -0.608. The standard InChI is InChI=1S/C17H17N5O3/c1-10-7-14(22(2)21-10)20-15(23)9-19-17(25)12-8-18-13-6-4-3-5-11(13)16(12)24/h3-8H,9H2,1-2H3,(H,18,24)(H,19,25)(H,20,23). The molecule has 0 aliphatic heterocycles. The van der Waals surface area contributed by atoms with E-state index >= 15 is 0 Å². The van der Waals surface area contributed by atoms with Crippen molar-refractivity contribution in [2.45, 2.75) is 6.92 Å². The number of amides is 2. The van der Waals surface area contributed by atoms with E-state index in [1.807, 2.05) is 6.92 Å². The third-order valence-electron chi connectivity index (χ3n) is 3.71. The fourth-order valence-corrected chi connectivity index (χ4v) is 2.51. The van der Waals surface area contributed by atoms with Gasteiger partial charge in [0.15, 0.2) is 0 Å². The van der Waals surface area contributed by atoms with Gasteiger partial charge in [-0.2, -0.15) is 5.10 Å². The number of benzene rings is 1. The summed E-state index contributed by atoms with van der Waals surface area (Å²) in [6.45, 7) is 1.55. The van der Waals surface area contributed by atoms with Crippen LogP contribution in [0.15, 0.2) is 41.3 Å². The Morgan fingerprint density at radius 3 is 2.76 bits per heavy atom. The second kappa shape index (κ2) is 6.60. The molecule has 0 fully saturated rings. The number of nitrogens with one attached hydrogen (secondary N) is 3. The lowest BCUT2D eigenvalue weighted by molar-refractivity contribution is -0.115. The normalized spacial score (nSPS) is 10.6. The number of aryl methyl sites for hydroxylation is 2. The predicted octanol–water partition coefficient (Wildman–Crippen LogP) is 0.939. The first kappa shape index (κ1) is 16.4. The molecule has 8 nitrogen and oxygen atoms in total. The maximum Gasteiger partial charge on any atom is 0.257 e. The lowest BCUT2D eigenvalue weighted by atomic mass is 10.1. The molecule has 3 N–H and O–H groups in total.